The second-order valence-corrected chi connectivity index (χ2v) is 41.8. The molecule has 745 valence electrons. The number of nitrogens with one attached hydrogen (secondary N) is 3. The van der Waals surface area contributed by atoms with Gasteiger partial charge in [0.05, 0.1) is 74.1 Å². The van der Waals surface area contributed by atoms with E-state index in [9.17, 15) is 43.2 Å². The normalized spacial score (nSPS) is 32.3. The number of aryl methyl sites for hydroxylation is 2. The number of hydrogen-bond donors (Lipinski definition) is 3. The average Bonchev–Trinajstić information content (AvgIpc) is 1.64. The van der Waals surface area contributed by atoms with E-state index in [1.54, 1.807) is 49.1 Å². The third-order valence-electron chi connectivity index (χ3n) is 32.8. The first-order valence-electron chi connectivity index (χ1n) is 49.4. The second-order valence-electron chi connectivity index (χ2n) is 41.8. The molecule has 137 heavy (non-hydrogen) atoms. The van der Waals surface area contributed by atoms with Crippen LogP contribution in [-0.4, -0.2) is 213 Å². The fraction of sp³-hybridized carbons (Fsp3) is 0.676. The summed E-state index contributed by atoms with van der Waals surface area (Å²) >= 11 is 0. The van der Waals surface area contributed by atoms with Gasteiger partial charge in [0, 0.05) is 84.6 Å². The molecule has 13 aliphatic rings. The van der Waals surface area contributed by atoms with E-state index in [-0.39, 0.29) is 145 Å². The number of carbonyl (C=O) groups excluding carboxylic acids is 9. The van der Waals surface area contributed by atoms with Gasteiger partial charge in [-0.3, -0.25) is 14.4 Å². The number of alkyl carbamates (subject to hydrolysis) is 3. The van der Waals surface area contributed by atoms with Crippen LogP contribution < -0.4 is 44.4 Å². The Bertz CT molecular complexity index is 5280. The summed E-state index contributed by atoms with van der Waals surface area (Å²) in [6.07, 6.45) is 28.6. The number of benzene rings is 3. The van der Waals surface area contributed by atoms with Crippen molar-refractivity contribution >= 4 is 88.0 Å². The second kappa shape index (κ2) is 43.8. The maximum atomic E-state index is 15.9. The summed E-state index contributed by atoms with van der Waals surface area (Å²) in [5.74, 6) is -1.26. The molecule has 6 aromatic rings. The average molecular weight is 2010 g/mol. The zero-order valence-corrected chi connectivity index (χ0v) is 84.6. The fourth-order valence-corrected chi connectivity index (χ4v) is 24.1. The summed E-state index contributed by atoms with van der Waals surface area (Å²) in [5, 5.41) is 8.90. The first kappa shape index (κ1) is 104. The molecule has 7 saturated carbocycles. The van der Waals surface area contributed by atoms with Gasteiger partial charge in [0.15, 0.2) is 5.69 Å². The number of amides is 6. The van der Waals surface area contributed by atoms with E-state index in [4.69, 9.17) is 62.6 Å². The molecule has 6 amide bonds. The van der Waals surface area contributed by atoms with E-state index >= 15 is 8.78 Å². The van der Waals surface area contributed by atoms with Crippen molar-refractivity contribution in [2.24, 2.45) is 63.6 Å². The number of methoxy groups -OCH3 is 3. The third kappa shape index (κ3) is 22.3. The summed E-state index contributed by atoms with van der Waals surface area (Å²) in [6, 6.07) is 10.9. The first-order valence-corrected chi connectivity index (χ1v) is 49.4. The summed E-state index contributed by atoms with van der Waals surface area (Å²) in [5.41, 5.74) is 2.44. The predicted molar refractivity (Wildman–Crippen MR) is 497 cm³/mol. The summed E-state index contributed by atoms with van der Waals surface area (Å²) in [7, 11) is 4.72. The van der Waals surface area contributed by atoms with Gasteiger partial charge >= 0.3 is 18.3 Å². The van der Waals surface area contributed by atoms with Gasteiger partial charge in [-0.2, -0.15) is 8.78 Å². The van der Waals surface area contributed by atoms with Crippen LogP contribution in [0.25, 0.3) is 33.1 Å². The van der Waals surface area contributed by atoms with Gasteiger partial charge in [-0.25, -0.2) is 63.1 Å². The smallest absolute Gasteiger partial charge is 0.408 e. The Morgan fingerprint density at radius 2 is 0.774 bits per heavy atom. The number of rotatable bonds is 9. The number of carbonyl (C=O) groups is 6. The molecule has 3 aromatic heterocycles. The Morgan fingerprint density at radius 3 is 1.21 bits per heavy atom. The van der Waals surface area contributed by atoms with E-state index in [0.717, 1.165) is 177 Å². The van der Waals surface area contributed by atoms with E-state index in [2.05, 4.69) is 52.3 Å². The monoisotopic (exact) mass is 2010 g/mol. The van der Waals surface area contributed by atoms with Crippen LogP contribution in [0.2, 0.25) is 0 Å². The van der Waals surface area contributed by atoms with Crippen LogP contribution in [0.1, 0.15) is 262 Å². The van der Waals surface area contributed by atoms with Crippen LogP contribution in [0.5, 0.6) is 34.9 Å². The van der Waals surface area contributed by atoms with Gasteiger partial charge in [0.2, 0.25) is 35.4 Å². The number of ether oxygens (including phenoxy) is 9. The van der Waals surface area contributed by atoms with Crippen molar-refractivity contribution in [1.82, 2.24) is 60.6 Å². The van der Waals surface area contributed by atoms with Crippen LogP contribution in [0.3, 0.4) is 0 Å². The topological polar surface area (TPSA) is 360 Å². The van der Waals surface area contributed by atoms with E-state index in [0.29, 0.717) is 95.4 Å². The van der Waals surface area contributed by atoms with Crippen molar-refractivity contribution in [3.63, 3.8) is 0 Å². The Kier molecular flexibility index (Phi) is 33.3. The van der Waals surface area contributed by atoms with Crippen molar-refractivity contribution < 1.29 is 155 Å². The minimum absolute atomic E-state index is 0. The van der Waals surface area contributed by atoms with Gasteiger partial charge in [0.25, 0.3) is 5.92 Å². The van der Waals surface area contributed by atoms with E-state index < -0.39 is 125 Å². The molecule has 30 nitrogen and oxygen atoms in total. The van der Waals surface area contributed by atoms with Crippen molar-refractivity contribution in [3.8, 4) is 34.9 Å². The fourth-order valence-electron chi connectivity index (χ4n) is 24.1. The number of alkyl halides is 2. The molecule has 35 heteroatoms. The maximum absolute atomic E-state index is 15.9. The molecular formula is C102H137F2N12O18V3-3. The van der Waals surface area contributed by atoms with Crippen molar-refractivity contribution in [2.45, 2.75) is 332 Å². The molecule has 7 aliphatic carbocycles. The largest absolute Gasteiger partial charge is 0.540 e. The van der Waals surface area contributed by atoms with Crippen LogP contribution in [-0.2, 0) is 117 Å². The zero-order valence-electron chi connectivity index (χ0n) is 80.4. The number of halogens is 2. The van der Waals surface area contributed by atoms with Gasteiger partial charge < -0.3 is 87.7 Å². The first-order chi connectivity index (χ1) is 64.4. The SMILES string of the molecule is COc1ccc2nc3c(nc2c1)O[C@H]1CN(C(=O)[C@H](C2(C)CCCC2)NC(=O)O[C@@H]2CC4CC4[C@H]2CCCCC3)[C@H]([C-]=O)[C@@H]1C.COc1ccc2nc3c(nc2c1)O[C@H]1CN(C(=O)[C@H](C2(C)CCCC2)NC(=O)O[C@@H]2C[C@H]2CCCCC3(F)F)[C@H]([C-]=O)[C@@H]1C.COc1ccc2nc3c(nc2c1)O[C@H]1CN(C(=O)[C@H](C2(C)CCCC2)NC(=O)O[C@]2(C)CCC[C@H]2CCCCC3)[C@H]([C-]=O)[C@@H]1C.[HH].[HH].[HH].[V].[V].[V]. The molecule has 6 aliphatic heterocycles. The Labute approximate surface area is 841 Å². The minimum atomic E-state index is -3.35. The van der Waals surface area contributed by atoms with Gasteiger partial charge in [-0.05, 0) is 235 Å². The molecule has 6 bridgehead atoms. The van der Waals surface area contributed by atoms with Gasteiger partial charge in [-0.15, -0.1) is 0 Å². The molecule has 10 fully saturated rings. The quantitative estimate of drug-likeness (QED) is 0.0894. The molecule has 20 atom stereocenters. The van der Waals surface area contributed by atoms with Crippen molar-refractivity contribution in [3.05, 3.63) is 71.7 Å². The van der Waals surface area contributed by atoms with Gasteiger partial charge in [0.1, 0.15) is 82.9 Å². The molecule has 3 N–H and O–H groups in total. The Hall–Kier alpha value is -8.68. The number of aromatic nitrogens is 6. The molecule has 2 unspecified atom stereocenters. The van der Waals surface area contributed by atoms with E-state index in [1.807, 2.05) is 70.4 Å². The minimum Gasteiger partial charge on any atom is -0.540 e. The van der Waals surface area contributed by atoms with Crippen molar-refractivity contribution in [1.29, 1.82) is 0 Å². The molecular weight excluding hydrogens is 1870 g/mol. The molecule has 19 rings (SSSR count). The Balaban J connectivity index is 0.000000197. The molecule has 3 radical (unpaired) electrons. The summed E-state index contributed by atoms with van der Waals surface area (Å²) in [6.45, 7) is 14.0. The molecule has 3 aromatic carbocycles. The van der Waals surface area contributed by atoms with Gasteiger partial charge in [-0.1, -0.05) is 130 Å². The number of nitrogens with zero attached hydrogens (tertiary/aromatic N) is 9. The number of fused-ring (bicyclic) bond motifs is 17. The standard InChI is InChI=1S/C35H45N4O6.C35H47N4O6.C32H39F2N4O6.3V.3H2/c1-20-28(19-40)39-18-30(20)44-32-26(36-25-12-11-22(43-3)17-27(25)37-32)10-6-4-5-9-23-24-15-21(24)16-29(23)45-34(42)38-31(33(39)41)35(2)13-7-8-14-35;1-22-28(21-40)39-20-29(22)44-31-26(36-25-15-14-24(43-4)19-27(25)37-31)13-7-5-6-11-23-12-10-18-35(23,3)45-33(42)38-30(32(39)41)34(2)16-8-9-17-34;1-18-23(17-39)38-16-25(18)43-28-26(35-21-10-9-20(42-3)15-22(21)36-28)32(33,34)13-5-4-8-19-14-24(19)44-30(41)37-27(29(38)40)31(2)11-6-7-12-31;;;;;;/h11-12,17,20-21,23-24,28-31H,4-10,13-16,18H2,1-3H3,(H,38,42);14-15,19,22-23,28-30H,5-13,16-18,20H2,1-4H3,(H,38,42);9-10,15,18-19,23-25,27H,4-8,11-14,16H2,1-3H3,(H,37,41);;;;3*1H/q3*-1;;;;;;/t20-,21?,23+,24?,28+,29+,30-,31+;22-,23+,28+,29-,30+,35+;18-,19+,23+,24+,25-,27+;;;;;;/m000....../s1. The third-order valence-corrected chi connectivity index (χ3v) is 32.8. The van der Waals surface area contributed by atoms with Crippen LogP contribution in [0.15, 0.2) is 54.6 Å². The van der Waals surface area contributed by atoms with Crippen LogP contribution in [0.4, 0.5) is 23.2 Å². The maximum Gasteiger partial charge on any atom is 0.408 e. The summed E-state index contributed by atoms with van der Waals surface area (Å²) in [4.78, 5) is 153. The Morgan fingerprint density at radius 1 is 0.394 bits per heavy atom. The zero-order chi connectivity index (χ0) is 94.3. The molecule has 3 saturated heterocycles. The number of hydrogen-bond acceptors (Lipinski definition) is 24. The molecule has 9 heterocycles. The molecule has 0 spiro atoms. The van der Waals surface area contributed by atoms with Crippen molar-refractivity contribution in [2.75, 3.05) is 41.0 Å². The summed E-state index contributed by atoms with van der Waals surface area (Å²) < 4.78 is 85.2. The van der Waals surface area contributed by atoms with E-state index in [1.165, 1.54) is 18.4 Å². The van der Waals surface area contributed by atoms with Crippen LogP contribution >= 0.6 is 0 Å². The predicted octanol–water partition coefficient (Wildman–Crippen LogP) is 16.7. The van der Waals surface area contributed by atoms with Crippen LogP contribution in [0, 0.1) is 63.6 Å².